The summed E-state index contributed by atoms with van der Waals surface area (Å²) in [6, 6.07) is 7.98. The number of nitrogens with zero attached hydrogens (tertiary/aromatic N) is 1. The summed E-state index contributed by atoms with van der Waals surface area (Å²) in [5, 5.41) is 10.3. The fraction of sp³-hybridized carbons (Fsp3) is 0.571. The van der Waals surface area contributed by atoms with Crippen molar-refractivity contribution in [2.45, 2.75) is 25.0 Å². The van der Waals surface area contributed by atoms with Crippen LogP contribution in [0.3, 0.4) is 0 Å². The van der Waals surface area contributed by atoms with Gasteiger partial charge in [-0.2, -0.15) is 0 Å². The van der Waals surface area contributed by atoms with E-state index >= 15 is 0 Å². The molecule has 19 heavy (non-hydrogen) atoms. The number of sulfone groups is 1. The lowest BCUT2D eigenvalue weighted by Crippen LogP contribution is -2.36. The van der Waals surface area contributed by atoms with Gasteiger partial charge in [-0.1, -0.05) is 24.3 Å². The Labute approximate surface area is 115 Å². The zero-order valence-electron chi connectivity index (χ0n) is 11.4. The van der Waals surface area contributed by atoms with Crippen molar-refractivity contribution < 1.29 is 13.5 Å². The second kappa shape index (κ2) is 5.61. The molecular weight excluding hydrogens is 262 g/mol. The van der Waals surface area contributed by atoms with Crippen LogP contribution in [0.2, 0.25) is 0 Å². The van der Waals surface area contributed by atoms with Gasteiger partial charge in [0.1, 0.15) is 9.84 Å². The molecule has 0 saturated heterocycles. The molecule has 0 unspecified atom stereocenters. The second-order valence-electron chi connectivity index (χ2n) is 5.38. The Morgan fingerprint density at radius 3 is 2.68 bits per heavy atom. The Morgan fingerprint density at radius 1 is 1.37 bits per heavy atom. The normalized spacial score (nSPS) is 22.7. The molecule has 0 aliphatic heterocycles. The van der Waals surface area contributed by atoms with Crippen LogP contribution in [0.25, 0.3) is 0 Å². The standard InChI is InChI=1S/C14H21NO3S/c1-15(8-5-9-19(2,17)18)13-10-11-6-3-4-7-12(11)14(13)16/h3-4,6-7,13-14,16H,5,8-10H2,1-2H3/t13-,14+/m1/s1. The van der Waals surface area contributed by atoms with Crippen LogP contribution in [0.4, 0.5) is 0 Å². The van der Waals surface area contributed by atoms with E-state index in [1.54, 1.807) is 0 Å². The van der Waals surface area contributed by atoms with Crippen LogP contribution >= 0.6 is 0 Å². The molecule has 0 heterocycles. The molecule has 0 bridgehead atoms. The molecule has 1 aliphatic carbocycles. The highest BCUT2D eigenvalue weighted by Gasteiger charge is 2.32. The first-order valence-electron chi connectivity index (χ1n) is 6.52. The van der Waals surface area contributed by atoms with Gasteiger partial charge in [-0.25, -0.2) is 8.42 Å². The van der Waals surface area contributed by atoms with E-state index in [1.807, 2.05) is 31.3 Å². The Kier molecular flexibility index (Phi) is 4.28. The van der Waals surface area contributed by atoms with Crippen molar-refractivity contribution in [3.05, 3.63) is 35.4 Å². The molecule has 2 rings (SSSR count). The van der Waals surface area contributed by atoms with Gasteiger partial charge in [0.05, 0.1) is 11.9 Å². The number of rotatable bonds is 5. The minimum absolute atomic E-state index is 0.0527. The van der Waals surface area contributed by atoms with E-state index in [0.717, 1.165) is 12.0 Å². The number of aliphatic hydroxyl groups excluding tert-OH is 1. The van der Waals surface area contributed by atoms with Gasteiger partial charge < -0.3 is 10.0 Å². The smallest absolute Gasteiger partial charge is 0.147 e. The van der Waals surface area contributed by atoms with Gasteiger partial charge in [0, 0.05) is 12.3 Å². The van der Waals surface area contributed by atoms with Crippen LogP contribution in [0.1, 0.15) is 23.7 Å². The first-order valence-corrected chi connectivity index (χ1v) is 8.58. The van der Waals surface area contributed by atoms with Crippen LogP contribution in [0.15, 0.2) is 24.3 Å². The predicted molar refractivity (Wildman–Crippen MR) is 75.9 cm³/mol. The molecule has 0 spiro atoms. The summed E-state index contributed by atoms with van der Waals surface area (Å²) in [7, 11) is -0.953. The van der Waals surface area contributed by atoms with Gasteiger partial charge in [-0.15, -0.1) is 0 Å². The third-order valence-electron chi connectivity index (χ3n) is 3.76. The summed E-state index contributed by atoms with van der Waals surface area (Å²) in [5.74, 6) is 0.201. The number of likely N-dealkylation sites (N-methyl/N-ethyl adjacent to an activating group) is 1. The van der Waals surface area contributed by atoms with Crippen LogP contribution in [0.5, 0.6) is 0 Å². The Hall–Kier alpha value is -0.910. The molecule has 5 heteroatoms. The van der Waals surface area contributed by atoms with Crippen molar-refractivity contribution in [3.8, 4) is 0 Å². The highest BCUT2D eigenvalue weighted by Crippen LogP contribution is 2.33. The quantitative estimate of drug-likeness (QED) is 0.876. The highest BCUT2D eigenvalue weighted by atomic mass is 32.2. The van der Waals surface area contributed by atoms with Crippen LogP contribution in [0, 0.1) is 0 Å². The average molecular weight is 283 g/mol. The predicted octanol–water partition coefficient (Wildman–Crippen LogP) is 1.01. The molecule has 0 aromatic heterocycles. The first kappa shape index (κ1) is 14.5. The third-order valence-corrected chi connectivity index (χ3v) is 4.79. The van der Waals surface area contributed by atoms with Crippen molar-refractivity contribution in [1.29, 1.82) is 0 Å². The minimum atomic E-state index is -2.90. The van der Waals surface area contributed by atoms with Crippen LogP contribution in [-0.2, 0) is 16.3 Å². The van der Waals surface area contributed by atoms with Crippen LogP contribution < -0.4 is 0 Å². The highest BCUT2D eigenvalue weighted by molar-refractivity contribution is 7.90. The number of hydrogen-bond acceptors (Lipinski definition) is 4. The van der Waals surface area contributed by atoms with Crippen molar-refractivity contribution in [1.82, 2.24) is 4.90 Å². The molecule has 0 fully saturated rings. The zero-order chi connectivity index (χ0) is 14.0. The van der Waals surface area contributed by atoms with Gasteiger partial charge in [-0.3, -0.25) is 0 Å². The van der Waals surface area contributed by atoms with Crippen LogP contribution in [-0.4, -0.2) is 50.1 Å². The third kappa shape index (κ3) is 3.55. The average Bonchev–Trinajstić information content (AvgIpc) is 2.66. The molecule has 2 atom stereocenters. The number of hydrogen-bond donors (Lipinski definition) is 1. The SMILES string of the molecule is CN(CCCS(C)(=O)=O)[C@@H]1Cc2ccccc2[C@@H]1O. The van der Waals surface area contributed by atoms with Crippen molar-refractivity contribution in [2.75, 3.05) is 25.6 Å². The summed E-state index contributed by atoms with van der Waals surface area (Å²) in [6.45, 7) is 0.683. The lowest BCUT2D eigenvalue weighted by atomic mass is 10.1. The van der Waals surface area contributed by atoms with E-state index in [0.29, 0.717) is 13.0 Å². The van der Waals surface area contributed by atoms with E-state index in [9.17, 15) is 13.5 Å². The Balaban J connectivity index is 1.94. The maximum atomic E-state index is 11.1. The fourth-order valence-corrected chi connectivity index (χ4v) is 3.35. The molecule has 0 amide bonds. The summed E-state index contributed by atoms with van der Waals surface area (Å²) >= 11 is 0. The second-order valence-corrected chi connectivity index (χ2v) is 7.64. The molecule has 0 saturated carbocycles. The largest absolute Gasteiger partial charge is 0.387 e. The molecule has 4 nitrogen and oxygen atoms in total. The van der Waals surface area contributed by atoms with E-state index < -0.39 is 15.9 Å². The summed E-state index contributed by atoms with van der Waals surface area (Å²) in [5.41, 5.74) is 2.19. The first-order chi connectivity index (χ1) is 8.88. The lowest BCUT2D eigenvalue weighted by Gasteiger charge is -2.27. The number of benzene rings is 1. The Morgan fingerprint density at radius 2 is 2.05 bits per heavy atom. The maximum Gasteiger partial charge on any atom is 0.147 e. The van der Waals surface area contributed by atoms with Crippen molar-refractivity contribution in [3.63, 3.8) is 0 Å². The molecule has 1 aliphatic rings. The molecule has 1 aromatic carbocycles. The van der Waals surface area contributed by atoms with Crippen molar-refractivity contribution >= 4 is 9.84 Å². The maximum absolute atomic E-state index is 11.1. The molecular formula is C14H21NO3S. The van der Waals surface area contributed by atoms with Gasteiger partial charge in [-0.05, 0) is 37.6 Å². The number of fused-ring (bicyclic) bond motifs is 1. The van der Waals surface area contributed by atoms with Gasteiger partial charge >= 0.3 is 0 Å². The molecule has 1 N–H and O–H groups in total. The topological polar surface area (TPSA) is 57.6 Å². The summed E-state index contributed by atoms with van der Waals surface area (Å²) in [4.78, 5) is 2.07. The van der Waals surface area contributed by atoms with E-state index in [1.165, 1.54) is 11.8 Å². The minimum Gasteiger partial charge on any atom is -0.387 e. The van der Waals surface area contributed by atoms with E-state index in [2.05, 4.69) is 4.90 Å². The van der Waals surface area contributed by atoms with Crippen molar-refractivity contribution in [2.24, 2.45) is 0 Å². The molecule has 0 radical (unpaired) electrons. The summed E-state index contributed by atoms with van der Waals surface area (Å²) in [6.07, 6.45) is 2.22. The molecule has 1 aromatic rings. The fourth-order valence-electron chi connectivity index (χ4n) is 2.69. The summed E-state index contributed by atoms with van der Waals surface area (Å²) < 4.78 is 22.2. The van der Waals surface area contributed by atoms with Gasteiger partial charge in [0.25, 0.3) is 0 Å². The van der Waals surface area contributed by atoms with Gasteiger partial charge in [0.15, 0.2) is 0 Å². The van der Waals surface area contributed by atoms with Gasteiger partial charge in [0.2, 0.25) is 0 Å². The lowest BCUT2D eigenvalue weighted by molar-refractivity contribution is 0.0763. The molecule has 106 valence electrons. The Bertz CT molecular complexity index is 541. The van der Waals surface area contributed by atoms with E-state index in [4.69, 9.17) is 0 Å². The van der Waals surface area contributed by atoms with E-state index in [-0.39, 0.29) is 11.8 Å². The number of aliphatic hydroxyl groups is 1. The monoisotopic (exact) mass is 283 g/mol. The zero-order valence-corrected chi connectivity index (χ0v) is 12.2.